The zero-order valence-corrected chi connectivity index (χ0v) is 11.0. The Bertz CT molecular complexity index is 339. The molecule has 0 radical (unpaired) electrons. The average molecular weight is 312 g/mol. The van der Waals surface area contributed by atoms with Crippen molar-refractivity contribution in [2.24, 2.45) is 0 Å². The molecule has 2 heterocycles. The molecule has 0 aromatic rings. The van der Waals surface area contributed by atoms with Gasteiger partial charge in [-0.25, -0.2) is 0 Å². The molecule has 2 rings (SSSR count). The molecule has 0 aromatic carbocycles. The van der Waals surface area contributed by atoms with Crippen molar-refractivity contribution >= 4 is 0 Å². The van der Waals surface area contributed by atoms with E-state index < -0.39 is 61.9 Å². The Balaban J connectivity index is 2.06. The maximum absolute atomic E-state index is 9.78. The summed E-state index contributed by atoms with van der Waals surface area (Å²) in [5.41, 5.74) is 0. The van der Waals surface area contributed by atoms with E-state index in [2.05, 4.69) is 0 Å². The lowest BCUT2D eigenvalue weighted by atomic mass is 9.99. The largest absolute Gasteiger partial charge is 0.394 e. The molecule has 21 heavy (non-hydrogen) atoms. The van der Waals surface area contributed by atoms with Crippen molar-refractivity contribution < 1.29 is 50.0 Å². The van der Waals surface area contributed by atoms with Crippen molar-refractivity contribution in [3.63, 3.8) is 0 Å². The van der Waals surface area contributed by atoms with Gasteiger partial charge in [-0.05, 0) is 0 Å². The zero-order valence-electron chi connectivity index (χ0n) is 11.0. The topological polar surface area (TPSA) is 169 Å². The highest BCUT2D eigenvalue weighted by Crippen LogP contribution is 2.26. The van der Waals surface area contributed by atoms with Crippen LogP contribution in [0.2, 0.25) is 0 Å². The Morgan fingerprint density at radius 2 is 1.57 bits per heavy atom. The fourth-order valence-electron chi connectivity index (χ4n) is 2.26. The van der Waals surface area contributed by atoms with Gasteiger partial charge in [0.25, 0.3) is 0 Å². The van der Waals surface area contributed by atoms with E-state index in [0.29, 0.717) is 0 Å². The van der Waals surface area contributed by atoms with Gasteiger partial charge in [0.2, 0.25) is 0 Å². The maximum atomic E-state index is 9.78. The van der Waals surface area contributed by atoms with Crippen LogP contribution in [0.5, 0.6) is 0 Å². The van der Waals surface area contributed by atoms with Gasteiger partial charge < -0.3 is 50.0 Å². The minimum absolute atomic E-state index is 0.295. The van der Waals surface area contributed by atoms with Crippen LogP contribution >= 0.6 is 0 Å². The molecule has 2 aliphatic rings. The summed E-state index contributed by atoms with van der Waals surface area (Å²) in [6.07, 6.45) is -13.4. The number of aliphatic hydroxyl groups excluding tert-OH is 7. The number of hydrogen-bond acceptors (Lipinski definition) is 10. The average Bonchev–Trinajstić information content (AvgIpc) is 2.47. The molecule has 0 saturated carbocycles. The Morgan fingerprint density at radius 3 is 2.19 bits per heavy atom. The lowest BCUT2D eigenvalue weighted by molar-refractivity contribution is -0.352. The Kier molecular flexibility index (Phi) is 5.48. The number of hydrogen-bond donors (Lipinski definition) is 7. The minimum Gasteiger partial charge on any atom is -0.394 e. The monoisotopic (exact) mass is 312 g/mol. The fourth-order valence-corrected chi connectivity index (χ4v) is 2.26. The normalized spacial score (nSPS) is 51.9. The van der Waals surface area contributed by atoms with Gasteiger partial charge in [-0.3, -0.25) is 0 Å². The van der Waals surface area contributed by atoms with Crippen molar-refractivity contribution in [1.29, 1.82) is 0 Å². The van der Waals surface area contributed by atoms with E-state index in [1.807, 2.05) is 0 Å². The Morgan fingerprint density at radius 1 is 0.905 bits per heavy atom. The molecule has 1 unspecified atom stereocenters. The first-order valence-corrected chi connectivity index (χ1v) is 6.48. The summed E-state index contributed by atoms with van der Waals surface area (Å²) < 4.78 is 15.0. The lowest BCUT2D eigenvalue weighted by Gasteiger charge is -2.43. The summed E-state index contributed by atoms with van der Waals surface area (Å²) >= 11 is 0. The van der Waals surface area contributed by atoms with Crippen molar-refractivity contribution in [2.45, 2.75) is 55.3 Å². The maximum Gasteiger partial charge on any atom is 0.187 e. The van der Waals surface area contributed by atoms with E-state index in [-0.39, 0.29) is 6.61 Å². The van der Waals surface area contributed by atoms with Crippen molar-refractivity contribution in [1.82, 2.24) is 0 Å². The van der Waals surface area contributed by atoms with Crippen LogP contribution in [0.25, 0.3) is 0 Å². The summed E-state index contributed by atoms with van der Waals surface area (Å²) in [5.74, 6) is 0. The third kappa shape index (κ3) is 3.35. The third-order valence-corrected chi connectivity index (χ3v) is 3.59. The Labute approximate surface area is 119 Å². The summed E-state index contributed by atoms with van der Waals surface area (Å²) in [5, 5.41) is 66.8. The minimum atomic E-state index is -1.68. The first-order valence-electron chi connectivity index (χ1n) is 6.48. The second kappa shape index (κ2) is 6.79. The quantitative estimate of drug-likeness (QED) is 0.268. The van der Waals surface area contributed by atoms with Crippen LogP contribution < -0.4 is 0 Å². The van der Waals surface area contributed by atoms with Crippen LogP contribution in [-0.4, -0.2) is 104 Å². The molecular formula is C11H20O10. The molecule has 124 valence electrons. The first-order chi connectivity index (χ1) is 9.86. The third-order valence-electron chi connectivity index (χ3n) is 3.59. The van der Waals surface area contributed by atoms with E-state index in [1.54, 1.807) is 0 Å². The highest BCUT2D eigenvalue weighted by atomic mass is 16.7. The second-order valence-electron chi connectivity index (χ2n) is 5.08. The number of rotatable bonds is 3. The summed E-state index contributed by atoms with van der Waals surface area (Å²) in [7, 11) is 0. The van der Waals surface area contributed by atoms with Gasteiger partial charge in [0, 0.05) is 0 Å². The fraction of sp³-hybridized carbons (Fsp3) is 1.00. The Hall–Kier alpha value is -0.400. The molecule has 10 heteroatoms. The summed E-state index contributed by atoms with van der Waals surface area (Å²) in [4.78, 5) is 0. The molecule has 7 N–H and O–H groups in total. The van der Waals surface area contributed by atoms with Crippen LogP contribution in [-0.2, 0) is 14.2 Å². The van der Waals surface area contributed by atoms with E-state index in [9.17, 15) is 30.6 Å². The van der Waals surface area contributed by atoms with E-state index in [4.69, 9.17) is 19.3 Å². The van der Waals surface area contributed by atoms with Gasteiger partial charge in [-0.1, -0.05) is 0 Å². The lowest BCUT2D eigenvalue weighted by Crippen LogP contribution is -2.62. The van der Waals surface area contributed by atoms with Crippen LogP contribution in [0, 0.1) is 0 Å². The molecule has 0 bridgehead atoms. The molecule has 0 aliphatic carbocycles. The van der Waals surface area contributed by atoms with Crippen LogP contribution in [0.4, 0.5) is 0 Å². The molecule has 9 atom stereocenters. The molecule has 2 saturated heterocycles. The van der Waals surface area contributed by atoms with Gasteiger partial charge in [0.15, 0.2) is 12.6 Å². The van der Waals surface area contributed by atoms with Crippen LogP contribution in [0.1, 0.15) is 0 Å². The van der Waals surface area contributed by atoms with E-state index >= 15 is 0 Å². The van der Waals surface area contributed by atoms with Gasteiger partial charge >= 0.3 is 0 Å². The standard InChI is InChI=1S/C11H20O10/c12-1-4-6(15)7(16)8(17)11(20-4)21-9-5(14)3(13)2-19-10(9)18/h3-18H,1-2H2/t3-,4-,5+,6-,7+,8-,9-,10?,11+/m1/s1. The van der Waals surface area contributed by atoms with Gasteiger partial charge in [-0.2, -0.15) is 0 Å². The first kappa shape index (κ1) is 17.0. The molecule has 0 amide bonds. The van der Waals surface area contributed by atoms with Gasteiger partial charge in [0.1, 0.15) is 42.7 Å². The predicted octanol–water partition coefficient (Wildman–Crippen LogP) is -4.76. The van der Waals surface area contributed by atoms with Crippen LogP contribution in [0.3, 0.4) is 0 Å². The molecular weight excluding hydrogens is 292 g/mol. The molecule has 0 aromatic heterocycles. The van der Waals surface area contributed by atoms with Crippen molar-refractivity contribution in [3.8, 4) is 0 Å². The second-order valence-corrected chi connectivity index (χ2v) is 5.08. The number of ether oxygens (including phenoxy) is 3. The predicted molar refractivity (Wildman–Crippen MR) is 62.6 cm³/mol. The molecule has 2 aliphatic heterocycles. The number of aliphatic hydroxyl groups is 7. The zero-order chi connectivity index (χ0) is 15.7. The molecule has 2 fully saturated rings. The summed E-state index contributed by atoms with van der Waals surface area (Å²) in [6, 6.07) is 0. The van der Waals surface area contributed by atoms with E-state index in [0.717, 1.165) is 0 Å². The van der Waals surface area contributed by atoms with Crippen LogP contribution in [0.15, 0.2) is 0 Å². The summed E-state index contributed by atoms with van der Waals surface area (Å²) in [6.45, 7) is -0.934. The smallest absolute Gasteiger partial charge is 0.187 e. The SMILES string of the molecule is OC[C@H]1O[C@@H](O[C@H]2C(O)OC[C@@H](O)[C@@H]2O)[C@H](O)[C@@H](O)[C@@H]1O. The molecule has 0 spiro atoms. The highest BCUT2D eigenvalue weighted by Gasteiger charge is 2.48. The van der Waals surface area contributed by atoms with E-state index in [1.165, 1.54) is 0 Å². The highest BCUT2D eigenvalue weighted by molar-refractivity contribution is 4.91. The van der Waals surface area contributed by atoms with Gasteiger partial charge in [0.05, 0.1) is 13.2 Å². The molecule has 10 nitrogen and oxygen atoms in total. The van der Waals surface area contributed by atoms with Crippen molar-refractivity contribution in [2.75, 3.05) is 13.2 Å². The van der Waals surface area contributed by atoms with Gasteiger partial charge in [-0.15, -0.1) is 0 Å². The van der Waals surface area contributed by atoms with Crippen molar-refractivity contribution in [3.05, 3.63) is 0 Å².